The highest BCUT2D eigenvalue weighted by atomic mass is 32.2. The van der Waals surface area contributed by atoms with E-state index in [-0.39, 0.29) is 17.4 Å². The molecule has 3 rings (SSSR count). The number of hydrogen-bond acceptors (Lipinski definition) is 6. The summed E-state index contributed by atoms with van der Waals surface area (Å²) in [7, 11) is -1.33. The number of rotatable bonds is 9. The molecule has 1 aliphatic rings. The molecule has 1 aromatic carbocycles. The molecule has 0 aliphatic carbocycles. The van der Waals surface area contributed by atoms with Gasteiger partial charge in [0.1, 0.15) is 11.5 Å². The SMILES string of the molecule is Cc1ccccc1-c1nc(CS(=O)CC(=O)NCCCN2CCOCC2)c(C)o1. The number of aromatic nitrogens is 1. The lowest BCUT2D eigenvalue weighted by Crippen LogP contribution is -2.38. The smallest absolute Gasteiger partial charge is 0.232 e. The Morgan fingerprint density at radius 3 is 2.76 bits per heavy atom. The second-order valence-corrected chi connectivity index (χ2v) is 8.68. The molecule has 1 atom stereocenters. The molecule has 0 spiro atoms. The normalized spacial score (nSPS) is 15.9. The number of benzene rings is 1. The summed E-state index contributed by atoms with van der Waals surface area (Å²) in [5, 5.41) is 2.86. The molecule has 0 radical (unpaired) electrons. The van der Waals surface area contributed by atoms with E-state index in [2.05, 4.69) is 15.2 Å². The van der Waals surface area contributed by atoms with Crippen LogP contribution < -0.4 is 5.32 Å². The Hall–Kier alpha value is -2.03. The van der Waals surface area contributed by atoms with Gasteiger partial charge in [0.05, 0.1) is 24.7 Å². The van der Waals surface area contributed by atoms with Gasteiger partial charge in [0.2, 0.25) is 11.8 Å². The van der Waals surface area contributed by atoms with E-state index < -0.39 is 10.8 Å². The van der Waals surface area contributed by atoms with Gasteiger partial charge in [-0.2, -0.15) is 0 Å². The molecule has 1 fully saturated rings. The summed E-state index contributed by atoms with van der Waals surface area (Å²) in [6.45, 7) is 8.78. The fourth-order valence-corrected chi connectivity index (χ4v) is 4.32. The molecule has 7 nitrogen and oxygen atoms in total. The Kier molecular flexibility index (Phi) is 7.97. The summed E-state index contributed by atoms with van der Waals surface area (Å²) >= 11 is 0. The van der Waals surface area contributed by atoms with Crippen LogP contribution in [0.25, 0.3) is 11.5 Å². The van der Waals surface area contributed by atoms with Crippen LogP contribution in [-0.4, -0.2) is 65.1 Å². The van der Waals surface area contributed by atoms with Gasteiger partial charge in [-0.25, -0.2) is 4.98 Å². The van der Waals surface area contributed by atoms with Crippen molar-refractivity contribution in [1.82, 2.24) is 15.2 Å². The van der Waals surface area contributed by atoms with Crippen LogP contribution in [0.3, 0.4) is 0 Å². The van der Waals surface area contributed by atoms with Crippen LogP contribution in [0.2, 0.25) is 0 Å². The lowest BCUT2D eigenvalue weighted by molar-refractivity contribution is -0.118. The lowest BCUT2D eigenvalue weighted by Gasteiger charge is -2.26. The minimum absolute atomic E-state index is 0.0243. The van der Waals surface area contributed by atoms with E-state index in [1.165, 1.54) is 0 Å². The third-order valence-electron chi connectivity index (χ3n) is 4.93. The van der Waals surface area contributed by atoms with E-state index in [0.29, 0.717) is 23.9 Å². The summed E-state index contributed by atoms with van der Waals surface area (Å²) in [6, 6.07) is 7.84. The number of nitrogens with one attached hydrogen (secondary N) is 1. The number of amides is 1. The fraction of sp³-hybridized carbons (Fsp3) is 0.524. The summed E-state index contributed by atoms with van der Waals surface area (Å²) in [6.07, 6.45) is 0.876. The predicted octanol–water partition coefficient (Wildman–Crippen LogP) is 2.05. The lowest BCUT2D eigenvalue weighted by atomic mass is 10.1. The van der Waals surface area contributed by atoms with Gasteiger partial charge in [-0.15, -0.1) is 0 Å². The minimum Gasteiger partial charge on any atom is -0.441 e. The van der Waals surface area contributed by atoms with Crippen molar-refractivity contribution in [3.05, 3.63) is 41.3 Å². The van der Waals surface area contributed by atoms with E-state index in [1.54, 1.807) is 0 Å². The first-order valence-corrected chi connectivity index (χ1v) is 11.5. The van der Waals surface area contributed by atoms with Gasteiger partial charge < -0.3 is 14.5 Å². The number of carbonyl (C=O) groups excluding carboxylic acids is 1. The zero-order chi connectivity index (χ0) is 20.6. The predicted molar refractivity (Wildman–Crippen MR) is 113 cm³/mol. The van der Waals surface area contributed by atoms with Crippen molar-refractivity contribution in [2.75, 3.05) is 45.1 Å². The van der Waals surface area contributed by atoms with Crippen LogP contribution in [0.15, 0.2) is 28.7 Å². The maximum atomic E-state index is 12.4. The number of nitrogens with zero attached hydrogens (tertiary/aromatic N) is 2. The van der Waals surface area contributed by atoms with Crippen LogP contribution in [0, 0.1) is 13.8 Å². The number of oxazole rings is 1. The molecule has 0 bridgehead atoms. The second-order valence-electron chi connectivity index (χ2n) is 7.22. The van der Waals surface area contributed by atoms with Crippen LogP contribution in [0.5, 0.6) is 0 Å². The molecule has 1 saturated heterocycles. The highest BCUT2D eigenvalue weighted by Crippen LogP contribution is 2.25. The molecule has 1 aromatic heterocycles. The molecule has 8 heteroatoms. The first kappa shape index (κ1) is 21.7. The largest absolute Gasteiger partial charge is 0.441 e. The monoisotopic (exact) mass is 419 g/mol. The van der Waals surface area contributed by atoms with E-state index in [1.807, 2.05) is 38.1 Å². The highest BCUT2D eigenvalue weighted by Gasteiger charge is 2.17. The highest BCUT2D eigenvalue weighted by molar-refractivity contribution is 7.84. The number of ether oxygens (including phenoxy) is 1. The van der Waals surface area contributed by atoms with Gasteiger partial charge in [0.15, 0.2) is 0 Å². The third-order valence-corrected chi connectivity index (χ3v) is 6.11. The topological polar surface area (TPSA) is 84.7 Å². The number of hydrogen-bond donors (Lipinski definition) is 1. The quantitative estimate of drug-likeness (QED) is 0.626. The molecule has 158 valence electrons. The van der Waals surface area contributed by atoms with Crippen molar-refractivity contribution in [3.8, 4) is 11.5 Å². The maximum Gasteiger partial charge on any atom is 0.232 e. The first-order valence-electron chi connectivity index (χ1n) is 9.97. The molecule has 2 heterocycles. The first-order chi connectivity index (χ1) is 14.0. The Morgan fingerprint density at radius 2 is 2.00 bits per heavy atom. The maximum absolute atomic E-state index is 12.4. The van der Waals surface area contributed by atoms with Crippen molar-refractivity contribution < 1.29 is 18.2 Å². The van der Waals surface area contributed by atoms with E-state index >= 15 is 0 Å². The van der Waals surface area contributed by atoms with Crippen LogP contribution >= 0.6 is 0 Å². The van der Waals surface area contributed by atoms with Crippen LogP contribution in [0.4, 0.5) is 0 Å². The van der Waals surface area contributed by atoms with Crippen LogP contribution in [0.1, 0.15) is 23.4 Å². The average molecular weight is 420 g/mol. The van der Waals surface area contributed by atoms with Gasteiger partial charge >= 0.3 is 0 Å². The number of aryl methyl sites for hydroxylation is 2. The Bertz CT molecular complexity index is 846. The van der Waals surface area contributed by atoms with Crippen molar-refractivity contribution in [2.24, 2.45) is 0 Å². The van der Waals surface area contributed by atoms with Crippen molar-refractivity contribution in [1.29, 1.82) is 0 Å². The van der Waals surface area contributed by atoms with Crippen LogP contribution in [-0.2, 0) is 26.1 Å². The molecular weight excluding hydrogens is 390 g/mol. The summed E-state index contributed by atoms with van der Waals surface area (Å²) in [5.74, 6) is 1.17. The third kappa shape index (κ3) is 6.48. The minimum atomic E-state index is -1.33. The summed E-state index contributed by atoms with van der Waals surface area (Å²) in [5.41, 5.74) is 2.63. The zero-order valence-corrected chi connectivity index (χ0v) is 17.9. The molecule has 1 amide bonds. The summed E-state index contributed by atoms with van der Waals surface area (Å²) in [4.78, 5) is 18.9. The molecule has 2 aromatic rings. The molecule has 0 saturated carbocycles. The van der Waals surface area contributed by atoms with Crippen molar-refractivity contribution >= 4 is 16.7 Å². The van der Waals surface area contributed by atoms with Crippen molar-refractivity contribution in [3.63, 3.8) is 0 Å². The average Bonchev–Trinajstić information content (AvgIpc) is 3.06. The van der Waals surface area contributed by atoms with Gasteiger partial charge in [0.25, 0.3) is 0 Å². The molecule has 1 N–H and O–H groups in total. The fourth-order valence-electron chi connectivity index (χ4n) is 3.25. The van der Waals surface area contributed by atoms with Gasteiger partial charge in [-0.05, 0) is 38.4 Å². The molecule has 1 aliphatic heterocycles. The van der Waals surface area contributed by atoms with Crippen molar-refractivity contribution in [2.45, 2.75) is 26.0 Å². The van der Waals surface area contributed by atoms with E-state index in [4.69, 9.17) is 9.15 Å². The number of morpholine rings is 1. The zero-order valence-electron chi connectivity index (χ0n) is 17.1. The standard InChI is InChI=1S/C21H29N3O4S/c1-16-6-3-4-7-18(16)21-23-19(17(2)28-21)14-29(26)15-20(25)22-8-5-9-24-10-12-27-13-11-24/h3-4,6-7H,5,8-15H2,1-2H3,(H,22,25). The van der Waals surface area contributed by atoms with Gasteiger partial charge in [0, 0.05) is 36.0 Å². The second kappa shape index (κ2) is 10.7. The molecule has 29 heavy (non-hydrogen) atoms. The number of carbonyl (C=O) groups is 1. The summed E-state index contributed by atoms with van der Waals surface area (Å²) < 4.78 is 23.5. The molecular formula is C21H29N3O4S. The van der Waals surface area contributed by atoms with Gasteiger partial charge in [-0.3, -0.25) is 13.9 Å². The Balaban J connectivity index is 1.43. The molecule has 1 unspecified atom stereocenters. The Morgan fingerprint density at radius 1 is 1.24 bits per heavy atom. The van der Waals surface area contributed by atoms with Gasteiger partial charge in [-0.1, -0.05) is 18.2 Å². The van der Waals surface area contributed by atoms with E-state index in [0.717, 1.165) is 50.4 Å². The van der Waals surface area contributed by atoms with E-state index in [9.17, 15) is 9.00 Å². The Labute approximate surface area is 174 Å².